The van der Waals surface area contributed by atoms with Crippen molar-refractivity contribution in [2.24, 2.45) is 0 Å². The van der Waals surface area contributed by atoms with Crippen LogP contribution in [0.5, 0.6) is 0 Å². The lowest BCUT2D eigenvalue weighted by Crippen LogP contribution is -2.13. The lowest BCUT2D eigenvalue weighted by atomic mass is 10.0. The molecule has 1 N–H and O–H groups in total. The summed E-state index contributed by atoms with van der Waals surface area (Å²) < 4.78 is 0. The Labute approximate surface area is 179 Å². The van der Waals surface area contributed by atoms with Gasteiger partial charge in [0.2, 0.25) is 0 Å². The van der Waals surface area contributed by atoms with E-state index < -0.39 is 0 Å². The first-order valence-electron chi connectivity index (χ1n) is 9.79. The quantitative estimate of drug-likeness (QED) is 0.455. The number of amides is 1. The van der Waals surface area contributed by atoms with Gasteiger partial charge in [-0.3, -0.25) is 19.7 Å². The highest BCUT2D eigenvalue weighted by molar-refractivity contribution is 7.16. The first-order valence-corrected chi connectivity index (χ1v) is 10.6. The Morgan fingerprint density at radius 3 is 2.50 bits per heavy atom. The van der Waals surface area contributed by atoms with E-state index in [4.69, 9.17) is 0 Å². The Hall–Kier alpha value is -3.38. The molecule has 150 valence electrons. The summed E-state index contributed by atoms with van der Waals surface area (Å²) in [6.07, 6.45) is 7.80. The van der Waals surface area contributed by atoms with E-state index in [-0.39, 0.29) is 5.91 Å². The second-order valence-corrected chi connectivity index (χ2v) is 8.20. The third-order valence-corrected chi connectivity index (χ3v) is 6.20. The van der Waals surface area contributed by atoms with Gasteiger partial charge in [-0.2, -0.15) is 0 Å². The number of carbonyl (C=O) groups is 1. The Morgan fingerprint density at radius 2 is 1.83 bits per heavy atom. The predicted octanol–water partition coefficient (Wildman–Crippen LogP) is 5.70. The molecular formula is C24H22N4OS. The van der Waals surface area contributed by atoms with E-state index in [2.05, 4.69) is 33.3 Å². The maximum atomic E-state index is 12.7. The number of benzene rings is 1. The zero-order valence-electron chi connectivity index (χ0n) is 17.1. The van der Waals surface area contributed by atoms with E-state index >= 15 is 0 Å². The van der Waals surface area contributed by atoms with Gasteiger partial charge >= 0.3 is 0 Å². The maximum absolute atomic E-state index is 12.7. The minimum Gasteiger partial charge on any atom is -0.320 e. The molecule has 0 fully saturated rings. The van der Waals surface area contributed by atoms with Crippen LogP contribution in [0.1, 0.15) is 33.4 Å². The molecule has 4 rings (SSSR count). The van der Waals surface area contributed by atoms with E-state index in [9.17, 15) is 4.79 Å². The third kappa shape index (κ3) is 4.14. The number of carbonyl (C=O) groups excluding carboxylic acids is 1. The van der Waals surface area contributed by atoms with Gasteiger partial charge in [-0.1, -0.05) is 19.1 Å². The van der Waals surface area contributed by atoms with Gasteiger partial charge in [0, 0.05) is 28.5 Å². The van der Waals surface area contributed by atoms with E-state index in [0.29, 0.717) is 5.56 Å². The van der Waals surface area contributed by atoms with E-state index in [1.54, 1.807) is 36.1 Å². The zero-order chi connectivity index (χ0) is 21.1. The minimum atomic E-state index is -0.142. The highest BCUT2D eigenvalue weighted by Crippen LogP contribution is 2.36. The molecule has 3 heterocycles. The monoisotopic (exact) mass is 414 g/mol. The molecule has 0 aliphatic heterocycles. The number of aryl methyl sites for hydroxylation is 3. The lowest BCUT2D eigenvalue weighted by molar-refractivity contribution is 0.102. The maximum Gasteiger partial charge on any atom is 0.255 e. The van der Waals surface area contributed by atoms with Crippen LogP contribution in [0.3, 0.4) is 0 Å². The van der Waals surface area contributed by atoms with Crippen molar-refractivity contribution in [1.82, 2.24) is 15.0 Å². The topological polar surface area (TPSA) is 67.8 Å². The standard InChI is InChI=1S/C24H22N4OS/c1-4-22-19(12-23(30-22)21-13-25-9-10-26-21)17-5-7-18(8-6-17)24(29)28-20-14-27-16(3)11-15(20)2/h5-14H,4H2,1-3H3,(H,28,29). The molecule has 0 atom stereocenters. The average molecular weight is 415 g/mol. The van der Waals surface area contributed by atoms with Crippen LogP contribution in [0.25, 0.3) is 21.7 Å². The van der Waals surface area contributed by atoms with Crippen LogP contribution in [-0.2, 0) is 6.42 Å². The largest absolute Gasteiger partial charge is 0.320 e. The number of aromatic nitrogens is 3. The molecule has 3 aromatic heterocycles. The highest BCUT2D eigenvalue weighted by atomic mass is 32.1. The highest BCUT2D eigenvalue weighted by Gasteiger charge is 2.14. The third-order valence-electron chi connectivity index (χ3n) is 4.90. The fraction of sp³-hybridized carbons (Fsp3) is 0.167. The smallest absolute Gasteiger partial charge is 0.255 e. The number of nitrogens with zero attached hydrogens (tertiary/aromatic N) is 3. The molecule has 0 saturated carbocycles. The van der Waals surface area contributed by atoms with Crippen molar-refractivity contribution in [3.8, 4) is 21.7 Å². The number of rotatable bonds is 5. The Kier molecular flexibility index (Phi) is 5.68. The van der Waals surface area contributed by atoms with Gasteiger partial charge in [0.1, 0.15) is 0 Å². The van der Waals surface area contributed by atoms with Crippen LogP contribution >= 0.6 is 11.3 Å². The summed E-state index contributed by atoms with van der Waals surface area (Å²) in [6.45, 7) is 6.04. The molecule has 6 heteroatoms. The van der Waals surface area contributed by atoms with Crippen molar-refractivity contribution in [3.05, 3.63) is 82.9 Å². The molecule has 1 aromatic carbocycles. The predicted molar refractivity (Wildman–Crippen MR) is 122 cm³/mol. The number of anilines is 1. The van der Waals surface area contributed by atoms with Crippen LogP contribution in [0.15, 0.2) is 61.2 Å². The van der Waals surface area contributed by atoms with Crippen molar-refractivity contribution >= 4 is 22.9 Å². The first-order chi connectivity index (χ1) is 14.5. The lowest BCUT2D eigenvalue weighted by Gasteiger charge is -2.09. The normalized spacial score (nSPS) is 10.8. The van der Waals surface area contributed by atoms with Gasteiger partial charge in [0.15, 0.2) is 0 Å². The summed E-state index contributed by atoms with van der Waals surface area (Å²) in [7, 11) is 0. The summed E-state index contributed by atoms with van der Waals surface area (Å²) in [4.78, 5) is 27.9. The van der Waals surface area contributed by atoms with Gasteiger partial charge in [0.05, 0.1) is 28.7 Å². The zero-order valence-corrected chi connectivity index (χ0v) is 18.0. The van der Waals surface area contributed by atoms with Gasteiger partial charge < -0.3 is 5.32 Å². The van der Waals surface area contributed by atoms with Gasteiger partial charge in [-0.25, -0.2) is 0 Å². The molecule has 0 unspecified atom stereocenters. The molecule has 0 saturated heterocycles. The molecule has 30 heavy (non-hydrogen) atoms. The van der Waals surface area contributed by atoms with Crippen molar-refractivity contribution in [3.63, 3.8) is 0 Å². The van der Waals surface area contributed by atoms with Crippen molar-refractivity contribution < 1.29 is 4.79 Å². The fourth-order valence-electron chi connectivity index (χ4n) is 3.31. The second-order valence-electron chi connectivity index (χ2n) is 7.06. The summed E-state index contributed by atoms with van der Waals surface area (Å²) in [5, 5.41) is 2.95. The molecule has 0 radical (unpaired) electrons. The molecular weight excluding hydrogens is 392 g/mol. The minimum absolute atomic E-state index is 0.142. The first kappa shape index (κ1) is 19.9. The Balaban J connectivity index is 1.57. The summed E-state index contributed by atoms with van der Waals surface area (Å²) in [5.74, 6) is -0.142. The summed E-state index contributed by atoms with van der Waals surface area (Å²) in [6, 6.07) is 11.8. The van der Waals surface area contributed by atoms with Crippen LogP contribution in [0.4, 0.5) is 5.69 Å². The van der Waals surface area contributed by atoms with Gasteiger partial charge in [-0.15, -0.1) is 11.3 Å². The number of nitrogens with one attached hydrogen (secondary N) is 1. The van der Waals surface area contributed by atoms with Crippen LogP contribution in [0.2, 0.25) is 0 Å². The number of pyridine rings is 1. The summed E-state index contributed by atoms with van der Waals surface area (Å²) in [5.41, 5.74) is 6.40. The Morgan fingerprint density at radius 1 is 1.03 bits per heavy atom. The van der Waals surface area contributed by atoms with Crippen molar-refractivity contribution in [2.45, 2.75) is 27.2 Å². The van der Waals surface area contributed by atoms with Crippen LogP contribution in [0, 0.1) is 13.8 Å². The van der Waals surface area contributed by atoms with E-state index in [1.165, 1.54) is 10.4 Å². The SMILES string of the molecule is CCc1sc(-c2cnccn2)cc1-c1ccc(C(=O)Nc2cnc(C)cc2C)cc1. The van der Waals surface area contributed by atoms with E-state index in [0.717, 1.165) is 39.5 Å². The van der Waals surface area contributed by atoms with Crippen molar-refractivity contribution in [1.29, 1.82) is 0 Å². The number of hydrogen-bond acceptors (Lipinski definition) is 5. The molecule has 0 bridgehead atoms. The molecule has 0 spiro atoms. The molecule has 1 amide bonds. The van der Waals surface area contributed by atoms with Crippen molar-refractivity contribution in [2.75, 3.05) is 5.32 Å². The van der Waals surface area contributed by atoms with E-state index in [1.807, 2.05) is 44.2 Å². The second kappa shape index (κ2) is 8.55. The molecule has 0 aliphatic carbocycles. The molecule has 0 aliphatic rings. The molecule has 5 nitrogen and oxygen atoms in total. The number of thiophene rings is 1. The van der Waals surface area contributed by atoms with Crippen LogP contribution < -0.4 is 5.32 Å². The molecule has 4 aromatic rings. The van der Waals surface area contributed by atoms with Gasteiger partial charge in [0.25, 0.3) is 5.91 Å². The number of hydrogen-bond donors (Lipinski definition) is 1. The van der Waals surface area contributed by atoms with Crippen LogP contribution in [-0.4, -0.2) is 20.9 Å². The van der Waals surface area contributed by atoms with Gasteiger partial charge in [-0.05, 0) is 61.2 Å². The Bertz CT molecular complexity index is 1180. The average Bonchev–Trinajstić information content (AvgIpc) is 3.21. The summed E-state index contributed by atoms with van der Waals surface area (Å²) >= 11 is 1.73. The fourth-order valence-corrected chi connectivity index (χ4v) is 4.39.